The molecule has 1 fully saturated rings. The van der Waals surface area contributed by atoms with Crippen molar-refractivity contribution in [3.8, 4) is 0 Å². The second-order valence-electron chi connectivity index (χ2n) is 4.50. The van der Waals surface area contributed by atoms with Gasteiger partial charge in [-0.05, 0) is 33.6 Å². The van der Waals surface area contributed by atoms with E-state index in [2.05, 4.69) is 15.9 Å². The Balaban J connectivity index is 2.44. The highest BCUT2D eigenvalue weighted by atomic mass is 79.9. The molecular weight excluding hydrogens is 371 g/mol. The van der Waals surface area contributed by atoms with Gasteiger partial charge in [0.15, 0.2) is 0 Å². The van der Waals surface area contributed by atoms with Crippen LogP contribution < -0.4 is 0 Å². The van der Waals surface area contributed by atoms with Crippen LogP contribution in [0, 0.1) is 0 Å². The number of cyclic esters (lactones) is 2. The van der Waals surface area contributed by atoms with Crippen molar-refractivity contribution in [1.82, 2.24) is 0 Å². The Morgan fingerprint density at radius 2 is 1.65 bits per heavy atom. The molecule has 0 aromatic heterocycles. The number of carbonyl (C=O) groups excluding carboxylic acids is 2. The minimum Gasteiger partial charge on any atom is -0.419 e. The van der Waals surface area contributed by atoms with E-state index in [0.717, 1.165) is 0 Å². The summed E-state index contributed by atoms with van der Waals surface area (Å²) < 4.78 is 10.6. The van der Waals surface area contributed by atoms with Gasteiger partial charge in [-0.25, -0.2) is 9.59 Å². The van der Waals surface area contributed by atoms with Crippen LogP contribution >= 0.6 is 39.1 Å². The Morgan fingerprint density at radius 1 is 1.10 bits per heavy atom. The fraction of sp³-hybridized carbons (Fsp3) is 0.231. The van der Waals surface area contributed by atoms with Gasteiger partial charge >= 0.3 is 11.9 Å². The number of ether oxygens (including phenoxy) is 2. The summed E-state index contributed by atoms with van der Waals surface area (Å²) in [5.41, 5.74) is 0.188. The van der Waals surface area contributed by atoms with Crippen LogP contribution in [-0.2, 0) is 19.1 Å². The van der Waals surface area contributed by atoms with Gasteiger partial charge in [-0.3, -0.25) is 0 Å². The second-order valence-corrected chi connectivity index (χ2v) is 6.11. The molecule has 1 aliphatic heterocycles. The molecule has 0 unspecified atom stereocenters. The Bertz CT molecular complexity index is 616. The average Bonchev–Trinajstić information content (AvgIpc) is 2.32. The summed E-state index contributed by atoms with van der Waals surface area (Å²) in [6.07, 6.45) is 1.29. The van der Waals surface area contributed by atoms with Gasteiger partial charge < -0.3 is 9.47 Å². The lowest BCUT2D eigenvalue weighted by Crippen LogP contribution is -2.41. The molecule has 7 heteroatoms. The number of halogens is 3. The Hall–Kier alpha value is -1.04. The number of hydrogen-bond donors (Lipinski definition) is 0. The molecule has 1 heterocycles. The zero-order chi connectivity index (χ0) is 15.1. The molecule has 2 rings (SSSR count). The van der Waals surface area contributed by atoms with Gasteiger partial charge in [0.05, 0.1) is 10.0 Å². The Kier molecular flexibility index (Phi) is 4.14. The molecule has 0 atom stereocenters. The number of carbonyl (C=O) groups is 2. The third-order valence-corrected chi connectivity index (χ3v) is 4.27. The molecule has 1 aromatic carbocycles. The van der Waals surface area contributed by atoms with Crippen molar-refractivity contribution in [3.05, 3.63) is 37.8 Å². The molecular formula is C13H9BrCl2O4. The minimum atomic E-state index is -1.27. The zero-order valence-electron chi connectivity index (χ0n) is 10.5. The van der Waals surface area contributed by atoms with Gasteiger partial charge in [0.1, 0.15) is 5.57 Å². The largest absolute Gasteiger partial charge is 0.419 e. The lowest BCUT2D eigenvalue weighted by Gasteiger charge is -2.29. The van der Waals surface area contributed by atoms with Crippen molar-refractivity contribution >= 4 is 57.1 Å². The SMILES string of the molecule is CC1(C)OC(=O)C(=Cc2ccc(Br)c(Cl)c2Cl)C(=O)O1. The first-order chi connectivity index (χ1) is 9.21. The van der Waals surface area contributed by atoms with E-state index in [1.165, 1.54) is 19.9 Å². The molecule has 0 bridgehead atoms. The van der Waals surface area contributed by atoms with Crippen LogP contribution in [0.15, 0.2) is 22.2 Å². The van der Waals surface area contributed by atoms with E-state index in [1.807, 2.05) is 0 Å². The van der Waals surface area contributed by atoms with E-state index in [1.54, 1.807) is 12.1 Å². The molecule has 0 N–H and O–H groups in total. The van der Waals surface area contributed by atoms with Gasteiger partial charge in [0, 0.05) is 18.3 Å². The van der Waals surface area contributed by atoms with Crippen molar-refractivity contribution in [2.24, 2.45) is 0 Å². The third-order valence-electron chi connectivity index (χ3n) is 2.48. The van der Waals surface area contributed by atoms with Gasteiger partial charge in [0.2, 0.25) is 0 Å². The second kappa shape index (κ2) is 5.39. The van der Waals surface area contributed by atoms with Crippen molar-refractivity contribution in [2.75, 3.05) is 0 Å². The van der Waals surface area contributed by atoms with Crippen LogP contribution in [0.4, 0.5) is 0 Å². The van der Waals surface area contributed by atoms with Gasteiger partial charge in [0.25, 0.3) is 5.79 Å². The average molecular weight is 380 g/mol. The summed E-state index contributed by atoms with van der Waals surface area (Å²) in [4.78, 5) is 23.6. The number of esters is 2. The van der Waals surface area contributed by atoms with Crippen molar-refractivity contribution in [1.29, 1.82) is 0 Å². The Morgan fingerprint density at radius 3 is 2.20 bits per heavy atom. The molecule has 0 saturated carbocycles. The number of hydrogen-bond acceptors (Lipinski definition) is 4. The molecule has 0 spiro atoms. The summed E-state index contributed by atoms with van der Waals surface area (Å²) in [6, 6.07) is 3.27. The fourth-order valence-electron chi connectivity index (χ4n) is 1.59. The molecule has 106 valence electrons. The van der Waals surface area contributed by atoms with E-state index >= 15 is 0 Å². The summed E-state index contributed by atoms with van der Waals surface area (Å²) in [5.74, 6) is -2.80. The highest BCUT2D eigenvalue weighted by Crippen LogP contribution is 2.34. The molecule has 1 aliphatic rings. The minimum absolute atomic E-state index is 0.221. The van der Waals surface area contributed by atoms with E-state index in [0.29, 0.717) is 15.1 Å². The predicted molar refractivity (Wildman–Crippen MR) is 78.4 cm³/mol. The smallest absolute Gasteiger partial charge is 0.348 e. The van der Waals surface area contributed by atoms with Crippen molar-refractivity contribution in [3.63, 3.8) is 0 Å². The third kappa shape index (κ3) is 3.00. The van der Waals surface area contributed by atoms with Crippen LogP contribution in [0.2, 0.25) is 10.0 Å². The van der Waals surface area contributed by atoms with Gasteiger partial charge in [-0.1, -0.05) is 29.3 Å². The summed E-state index contributed by atoms with van der Waals surface area (Å²) >= 11 is 15.3. The van der Waals surface area contributed by atoms with Crippen LogP contribution in [0.3, 0.4) is 0 Å². The molecule has 0 amide bonds. The van der Waals surface area contributed by atoms with E-state index in [4.69, 9.17) is 32.7 Å². The summed E-state index contributed by atoms with van der Waals surface area (Å²) in [7, 11) is 0. The summed E-state index contributed by atoms with van der Waals surface area (Å²) in [6.45, 7) is 2.95. The van der Waals surface area contributed by atoms with E-state index in [9.17, 15) is 9.59 Å². The molecule has 1 saturated heterocycles. The van der Waals surface area contributed by atoms with E-state index in [-0.39, 0.29) is 10.6 Å². The monoisotopic (exact) mass is 378 g/mol. The first-order valence-electron chi connectivity index (χ1n) is 5.53. The van der Waals surface area contributed by atoms with E-state index < -0.39 is 17.7 Å². The Labute approximate surface area is 133 Å². The van der Waals surface area contributed by atoms with Gasteiger partial charge in [-0.2, -0.15) is 0 Å². The lowest BCUT2D eigenvalue weighted by molar-refractivity contribution is -0.222. The quantitative estimate of drug-likeness (QED) is 0.320. The van der Waals surface area contributed by atoms with Crippen molar-refractivity contribution < 1.29 is 19.1 Å². The predicted octanol–water partition coefficient (Wildman–Crippen LogP) is 3.98. The van der Waals surface area contributed by atoms with Crippen LogP contribution in [0.1, 0.15) is 19.4 Å². The molecule has 0 aliphatic carbocycles. The first kappa shape index (κ1) is 15.4. The zero-order valence-corrected chi connectivity index (χ0v) is 13.6. The maximum atomic E-state index is 11.8. The number of benzene rings is 1. The van der Waals surface area contributed by atoms with Crippen LogP contribution in [-0.4, -0.2) is 17.7 Å². The van der Waals surface area contributed by atoms with Crippen LogP contribution in [0.25, 0.3) is 6.08 Å². The summed E-state index contributed by atoms with van der Waals surface area (Å²) in [5, 5.41) is 0.512. The van der Waals surface area contributed by atoms with Crippen LogP contribution in [0.5, 0.6) is 0 Å². The van der Waals surface area contributed by atoms with Crippen molar-refractivity contribution in [2.45, 2.75) is 19.6 Å². The molecule has 1 aromatic rings. The molecule has 20 heavy (non-hydrogen) atoms. The normalized spacial score (nSPS) is 17.6. The highest BCUT2D eigenvalue weighted by molar-refractivity contribution is 9.10. The lowest BCUT2D eigenvalue weighted by atomic mass is 10.1. The number of rotatable bonds is 1. The molecule has 4 nitrogen and oxygen atoms in total. The standard InChI is InChI=1S/C13H9BrCl2O4/c1-13(2)19-11(17)7(12(18)20-13)5-6-3-4-8(14)10(16)9(6)15/h3-5H,1-2H3. The van der Waals surface area contributed by atoms with Gasteiger partial charge in [-0.15, -0.1) is 0 Å². The maximum absolute atomic E-state index is 11.8. The molecule has 0 radical (unpaired) electrons. The maximum Gasteiger partial charge on any atom is 0.348 e. The topological polar surface area (TPSA) is 52.6 Å². The first-order valence-corrected chi connectivity index (χ1v) is 7.08. The fourth-order valence-corrected chi connectivity index (χ4v) is 2.42. The highest BCUT2D eigenvalue weighted by Gasteiger charge is 2.38.